The number of likely N-dealkylation sites (tertiary alicyclic amines) is 1. The van der Waals surface area contributed by atoms with Crippen LogP contribution in [0.25, 0.3) is 0 Å². The largest absolute Gasteiger partial charge is 0.459 e. The average Bonchev–Trinajstić information content (AvgIpc) is 3.06. The maximum atomic E-state index is 12.4. The predicted octanol–water partition coefficient (Wildman–Crippen LogP) is 2.05. The molecule has 3 heterocycles. The van der Waals surface area contributed by atoms with E-state index in [0.717, 1.165) is 58.5 Å². The van der Waals surface area contributed by atoms with E-state index in [4.69, 9.17) is 9.15 Å². The summed E-state index contributed by atoms with van der Waals surface area (Å²) in [6.07, 6.45) is 4.22. The number of carbonyl (C=O) groups excluding carboxylic acids is 2. The van der Waals surface area contributed by atoms with Crippen molar-refractivity contribution in [2.75, 3.05) is 45.9 Å². The van der Waals surface area contributed by atoms with Gasteiger partial charge in [0.2, 0.25) is 0 Å². The topological polar surface area (TPSA) is 66.2 Å². The number of hydrogen-bond acceptors (Lipinski definition) is 5. The minimum absolute atomic E-state index is 0.0241. The highest BCUT2D eigenvalue weighted by molar-refractivity contribution is 5.91. The summed E-state index contributed by atoms with van der Waals surface area (Å²) in [5, 5.41) is 0. The van der Waals surface area contributed by atoms with Crippen molar-refractivity contribution in [2.45, 2.75) is 32.2 Å². The summed E-state index contributed by atoms with van der Waals surface area (Å²) in [5.41, 5.74) is 0. The summed E-state index contributed by atoms with van der Waals surface area (Å²) >= 11 is 0. The van der Waals surface area contributed by atoms with Crippen LogP contribution in [0, 0.1) is 0 Å². The first-order valence-corrected chi connectivity index (χ1v) is 9.17. The monoisotopic (exact) mass is 349 g/mol. The van der Waals surface area contributed by atoms with E-state index in [1.165, 1.54) is 6.26 Å². The van der Waals surface area contributed by atoms with E-state index >= 15 is 0 Å². The molecule has 2 fully saturated rings. The van der Waals surface area contributed by atoms with Crippen LogP contribution in [0.15, 0.2) is 22.8 Å². The Morgan fingerprint density at radius 3 is 2.60 bits per heavy atom. The highest BCUT2D eigenvalue weighted by Crippen LogP contribution is 2.19. The number of carbonyl (C=O) groups is 2. The quantitative estimate of drug-likeness (QED) is 0.835. The van der Waals surface area contributed by atoms with Crippen LogP contribution in [-0.4, -0.2) is 78.6 Å². The number of ether oxygens (including phenoxy) is 1. The second kappa shape index (κ2) is 8.38. The van der Waals surface area contributed by atoms with Crippen LogP contribution in [0.5, 0.6) is 0 Å². The Kier molecular flexibility index (Phi) is 5.96. The molecule has 7 heteroatoms. The fourth-order valence-corrected chi connectivity index (χ4v) is 3.69. The molecule has 0 saturated carbocycles. The maximum absolute atomic E-state index is 12.4. The molecule has 0 aromatic carbocycles. The van der Waals surface area contributed by atoms with Gasteiger partial charge in [0.25, 0.3) is 5.91 Å². The highest BCUT2D eigenvalue weighted by atomic mass is 16.6. The summed E-state index contributed by atoms with van der Waals surface area (Å²) < 4.78 is 10.3. The zero-order chi connectivity index (χ0) is 17.6. The van der Waals surface area contributed by atoms with E-state index in [0.29, 0.717) is 18.4 Å². The van der Waals surface area contributed by atoms with Crippen molar-refractivity contribution >= 4 is 12.0 Å². The second-order valence-corrected chi connectivity index (χ2v) is 6.58. The number of amides is 2. The summed E-state index contributed by atoms with van der Waals surface area (Å²) in [6.45, 7) is 7.09. The van der Waals surface area contributed by atoms with Gasteiger partial charge < -0.3 is 19.0 Å². The third-order valence-corrected chi connectivity index (χ3v) is 5.06. The molecule has 0 N–H and O–H groups in total. The molecule has 7 nitrogen and oxygen atoms in total. The summed E-state index contributed by atoms with van der Waals surface area (Å²) in [4.78, 5) is 30.4. The molecule has 2 aliphatic rings. The standard InChI is InChI=1S/C18H27N3O4/c1-2-24-18(23)21-10-6-15(7-11-21)19-8-4-9-20(13-12-19)17(22)16-5-3-14-25-16/h3,5,14-15H,2,4,6-13H2,1H3. The molecule has 0 bridgehead atoms. The van der Waals surface area contributed by atoms with Crippen LogP contribution in [0.4, 0.5) is 4.79 Å². The highest BCUT2D eigenvalue weighted by Gasteiger charge is 2.29. The van der Waals surface area contributed by atoms with Gasteiger partial charge in [-0.25, -0.2) is 4.79 Å². The zero-order valence-corrected chi connectivity index (χ0v) is 14.9. The Hall–Kier alpha value is -2.02. The van der Waals surface area contributed by atoms with Crippen molar-refractivity contribution in [1.82, 2.24) is 14.7 Å². The maximum Gasteiger partial charge on any atom is 0.409 e. The van der Waals surface area contributed by atoms with E-state index < -0.39 is 0 Å². The first-order chi connectivity index (χ1) is 12.2. The molecule has 0 atom stereocenters. The van der Waals surface area contributed by atoms with E-state index in [-0.39, 0.29) is 12.0 Å². The molecule has 0 radical (unpaired) electrons. The Bertz CT molecular complexity index is 567. The third-order valence-electron chi connectivity index (χ3n) is 5.06. The van der Waals surface area contributed by atoms with Crippen molar-refractivity contribution in [3.8, 4) is 0 Å². The Morgan fingerprint density at radius 1 is 1.12 bits per heavy atom. The van der Waals surface area contributed by atoms with E-state index in [2.05, 4.69) is 4.90 Å². The number of hydrogen-bond donors (Lipinski definition) is 0. The smallest absolute Gasteiger partial charge is 0.409 e. The van der Waals surface area contributed by atoms with Crippen LogP contribution < -0.4 is 0 Å². The summed E-state index contributed by atoms with van der Waals surface area (Å²) in [6, 6.07) is 3.94. The lowest BCUT2D eigenvalue weighted by molar-refractivity contribution is 0.0686. The molecular formula is C18H27N3O4. The molecule has 3 rings (SSSR count). The Morgan fingerprint density at radius 2 is 1.92 bits per heavy atom. The third kappa shape index (κ3) is 4.34. The molecule has 0 aliphatic carbocycles. The van der Waals surface area contributed by atoms with Crippen molar-refractivity contribution in [3.63, 3.8) is 0 Å². The van der Waals surface area contributed by atoms with Gasteiger partial charge in [0.1, 0.15) is 0 Å². The number of piperidine rings is 1. The molecule has 2 saturated heterocycles. The van der Waals surface area contributed by atoms with Gasteiger partial charge >= 0.3 is 6.09 Å². The molecular weight excluding hydrogens is 322 g/mol. The lowest BCUT2D eigenvalue weighted by atomic mass is 10.0. The number of nitrogens with zero attached hydrogens (tertiary/aromatic N) is 3. The second-order valence-electron chi connectivity index (χ2n) is 6.58. The predicted molar refractivity (Wildman–Crippen MR) is 92.4 cm³/mol. The zero-order valence-electron chi connectivity index (χ0n) is 14.9. The summed E-state index contributed by atoms with van der Waals surface area (Å²) in [7, 11) is 0. The van der Waals surface area contributed by atoms with Crippen LogP contribution in [-0.2, 0) is 4.74 Å². The minimum atomic E-state index is -0.202. The van der Waals surface area contributed by atoms with Gasteiger partial charge in [-0.2, -0.15) is 0 Å². The molecule has 2 amide bonds. The van der Waals surface area contributed by atoms with Gasteiger partial charge in [0.15, 0.2) is 5.76 Å². The van der Waals surface area contributed by atoms with E-state index in [1.54, 1.807) is 17.0 Å². The van der Waals surface area contributed by atoms with Crippen molar-refractivity contribution in [2.24, 2.45) is 0 Å². The fourth-order valence-electron chi connectivity index (χ4n) is 3.69. The molecule has 25 heavy (non-hydrogen) atoms. The van der Waals surface area contributed by atoms with Gasteiger partial charge in [0.05, 0.1) is 12.9 Å². The molecule has 0 unspecified atom stereocenters. The molecule has 1 aromatic heterocycles. The normalized spacial score (nSPS) is 20.4. The van der Waals surface area contributed by atoms with Gasteiger partial charge in [-0.1, -0.05) is 0 Å². The molecule has 0 spiro atoms. The average molecular weight is 349 g/mol. The SMILES string of the molecule is CCOC(=O)N1CCC(N2CCCN(C(=O)c3ccco3)CC2)CC1. The van der Waals surface area contributed by atoms with E-state index in [9.17, 15) is 9.59 Å². The van der Waals surface area contributed by atoms with Crippen molar-refractivity contribution in [1.29, 1.82) is 0 Å². The van der Waals surface area contributed by atoms with Gasteiger partial charge in [-0.15, -0.1) is 0 Å². The van der Waals surface area contributed by atoms with Crippen LogP contribution in [0.1, 0.15) is 36.7 Å². The van der Waals surface area contributed by atoms with Crippen LogP contribution in [0.3, 0.4) is 0 Å². The lowest BCUT2D eigenvalue weighted by Crippen LogP contribution is -2.48. The van der Waals surface area contributed by atoms with Crippen molar-refractivity contribution in [3.05, 3.63) is 24.2 Å². The van der Waals surface area contributed by atoms with Crippen LogP contribution >= 0.6 is 0 Å². The molecule has 1 aromatic rings. The number of furan rings is 1. The van der Waals surface area contributed by atoms with E-state index in [1.807, 2.05) is 11.8 Å². The summed E-state index contributed by atoms with van der Waals surface area (Å²) in [5.74, 6) is 0.389. The van der Waals surface area contributed by atoms with Crippen LogP contribution in [0.2, 0.25) is 0 Å². The number of rotatable bonds is 3. The first kappa shape index (κ1) is 17.8. The molecule has 138 valence electrons. The van der Waals surface area contributed by atoms with Gasteiger partial charge in [-0.05, 0) is 38.3 Å². The lowest BCUT2D eigenvalue weighted by Gasteiger charge is -2.37. The Balaban J connectivity index is 1.49. The molecule has 2 aliphatic heterocycles. The fraction of sp³-hybridized carbons (Fsp3) is 0.667. The van der Waals surface area contributed by atoms with Gasteiger partial charge in [0, 0.05) is 45.3 Å². The first-order valence-electron chi connectivity index (χ1n) is 9.17. The van der Waals surface area contributed by atoms with Crippen molar-refractivity contribution < 1.29 is 18.7 Å². The van der Waals surface area contributed by atoms with Gasteiger partial charge in [-0.3, -0.25) is 9.69 Å². The Labute approximate surface area is 148 Å². The minimum Gasteiger partial charge on any atom is -0.459 e.